The second-order valence-corrected chi connectivity index (χ2v) is 7.59. The van der Waals surface area contributed by atoms with Crippen LogP contribution in [0.15, 0.2) is 4.52 Å². The Morgan fingerprint density at radius 2 is 1.96 bits per heavy atom. The van der Waals surface area contributed by atoms with E-state index in [-0.39, 0.29) is 17.9 Å². The number of nitrogens with zero attached hydrogens (tertiary/aromatic N) is 2. The zero-order valence-corrected chi connectivity index (χ0v) is 15.1. The SMILES string of the molecule is CC(C)(C)c1noc(CCCC(=O)NCC2(C(=O)O)CCOCC2)n1. The van der Waals surface area contributed by atoms with Gasteiger partial charge < -0.3 is 19.7 Å². The lowest BCUT2D eigenvalue weighted by molar-refractivity contribution is -0.154. The Hall–Kier alpha value is -1.96. The van der Waals surface area contributed by atoms with Gasteiger partial charge in [0.15, 0.2) is 5.82 Å². The number of ether oxygens (including phenoxy) is 1. The first-order valence-corrected chi connectivity index (χ1v) is 8.64. The van der Waals surface area contributed by atoms with Gasteiger partial charge in [-0.3, -0.25) is 9.59 Å². The minimum absolute atomic E-state index is 0.138. The van der Waals surface area contributed by atoms with Crippen LogP contribution >= 0.6 is 0 Å². The monoisotopic (exact) mass is 353 g/mol. The first-order valence-electron chi connectivity index (χ1n) is 8.64. The summed E-state index contributed by atoms with van der Waals surface area (Å²) < 4.78 is 10.4. The third-order valence-corrected chi connectivity index (χ3v) is 4.46. The van der Waals surface area contributed by atoms with Gasteiger partial charge in [-0.05, 0) is 19.3 Å². The van der Waals surface area contributed by atoms with Crippen LogP contribution in [-0.2, 0) is 26.2 Å². The third-order valence-electron chi connectivity index (χ3n) is 4.46. The van der Waals surface area contributed by atoms with Crippen LogP contribution in [0, 0.1) is 5.41 Å². The first kappa shape index (κ1) is 19.4. The van der Waals surface area contributed by atoms with Crippen molar-refractivity contribution in [3.8, 4) is 0 Å². The average molecular weight is 353 g/mol. The zero-order chi connectivity index (χ0) is 18.5. The molecule has 140 valence electrons. The van der Waals surface area contributed by atoms with Crippen molar-refractivity contribution in [2.24, 2.45) is 5.41 Å². The van der Waals surface area contributed by atoms with Crippen molar-refractivity contribution < 1.29 is 24.0 Å². The summed E-state index contributed by atoms with van der Waals surface area (Å²) in [5, 5.41) is 16.2. The molecule has 0 unspecified atom stereocenters. The fraction of sp³-hybridized carbons (Fsp3) is 0.765. The van der Waals surface area contributed by atoms with Crippen LogP contribution in [0.4, 0.5) is 0 Å². The Balaban J connectivity index is 1.75. The molecule has 1 aromatic rings. The third kappa shape index (κ3) is 5.26. The van der Waals surface area contributed by atoms with E-state index >= 15 is 0 Å². The normalized spacial score (nSPS) is 17.2. The predicted molar refractivity (Wildman–Crippen MR) is 89.1 cm³/mol. The Bertz CT molecular complexity index is 600. The molecule has 2 heterocycles. The Kier molecular flexibility index (Phi) is 6.16. The van der Waals surface area contributed by atoms with Gasteiger partial charge in [-0.15, -0.1) is 0 Å². The van der Waals surface area contributed by atoms with Crippen LogP contribution in [0.3, 0.4) is 0 Å². The van der Waals surface area contributed by atoms with E-state index in [4.69, 9.17) is 9.26 Å². The summed E-state index contributed by atoms with van der Waals surface area (Å²) in [5.41, 5.74) is -1.09. The van der Waals surface area contributed by atoms with Gasteiger partial charge >= 0.3 is 5.97 Å². The van der Waals surface area contributed by atoms with E-state index in [2.05, 4.69) is 15.5 Å². The minimum Gasteiger partial charge on any atom is -0.481 e. The molecule has 25 heavy (non-hydrogen) atoms. The molecule has 1 fully saturated rings. The van der Waals surface area contributed by atoms with E-state index < -0.39 is 11.4 Å². The summed E-state index contributed by atoms with van der Waals surface area (Å²) in [6.45, 7) is 6.97. The molecule has 8 heteroatoms. The van der Waals surface area contributed by atoms with Crippen LogP contribution < -0.4 is 5.32 Å². The summed E-state index contributed by atoms with van der Waals surface area (Å²) >= 11 is 0. The second kappa shape index (κ2) is 7.95. The molecule has 2 N–H and O–H groups in total. The van der Waals surface area contributed by atoms with Gasteiger partial charge in [-0.25, -0.2) is 0 Å². The molecule has 1 amide bonds. The quantitative estimate of drug-likeness (QED) is 0.766. The minimum atomic E-state index is -0.915. The van der Waals surface area contributed by atoms with Crippen molar-refractivity contribution in [3.63, 3.8) is 0 Å². The topological polar surface area (TPSA) is 115 Å². The number of carboxylic acid groups (broad SMARTS) is 1. The number of aliphatic carboxylic acids is 1. The van der Waals surface area contributed by atoms with Gasteiger partial charge in [-0.1, -0.05) is 25.9 Å². The number of hydrogen-bond acceptors (Lipinski definition) is 6. The highest BCUT2D eigenvalue weighted by Crippen LogP contribution is 2.30. The van der Waals surface area contributed by atoms with Crippen molar-refractivity contribution in [2.75, 3.05) is 19.8 Å². The highest BCUT2D eigenvalue weighted by atomic mass is 16.5. The number of nitrogens with one attached hydrogen (secondary N) is 1. The summed E-state index contributed by atoms with van der Waals surface area (Å²) in [7, 11) is 0. The molecule has 0 aliphatic carbocycles. The van der Waals surface area contributed by atoms with E-state index in [0.717, 1.165) is 0 Å². The number of aromatic nitrogens is 2. The molecular formula is C17H27N3O5. The summed E-state index contributed by atoms with van der Waals surface area (Å²) in [6, 6.07) is 0. The maximum absolute atomic E-state index is 12.0. The molecule has 0 saturated carbocycles. The number of carbonyl (C=O) groups is 2. The van der Waals surface area contributed by atoms with E-state index in [9.17, 15) is 14.7 Å². The first-order chi connectivity index (χ1) is 11.7. The average Bonchev–Trinajstić information content (AvgIpc) is 3.03. The van der Waals surface area contributed by atoms with E-state index in [1.165, 1.54) is 0 Å². The molecule has 8 nitrogen and oxygen atoms in total. The van der Waals surface area contributed by atoms with Crippen LogP contribution in [-0.4, -0.2) is 46.9 Å². The van der Waals surface area contributed by atoms with Crippen molar-refractivity contribution >= 4 is 11.9 Å². The smallest absolute Gasteiger partial charge is 0.311 e. The van der Waals surface area contributed by atoms with Crippen LogP contribution in [0.1, 0.15) is 58.2 Å². The number of rotatable bonds is 7. The largest absolute Gasteiger partial charge is 0.481 e. The van der Waals surface area contributed by atoms with Gasteiger partial charge in [0.05, 0.1) is 5.41 Å². The molecule has 0 atom stereocenters. The fourth-order valence-corrected chi connectivity index (χ4v) is 2.65. The molecule has 0 radical (unpaired) electrons. The lowest BCUT2D eigenvalue weighted by Gasteiger charge is -2.33. The molecule has 1 aliphatic heterocycles. The standard InChI is InChI=1S/C17H27N3O5/c1-16(2,3)14-19-13(25-20-14)6-4-5-12(21)18-11-17(15(22)23)7-9-24-10-8-17/h4-11H2,1-3H3,(H,18,21)(H,22,23). The van der Waals surface area contributed by atoms with Crippen molar-refractivity contribution in [3.05, 3.63) is 11.7 Å². The van der Waals surface area contributed by atoms with Crippen molar-refractivity contribution in [1.82, 2.24) is 15.5 Å². The zero-order valence-electron chi connectivity index (χ0n) is 15.1. The molecule has 1 aliphatic rings. The fourth-order valence-electron chi connectivity index (χ4n) is 2.65. The molecule has 1 aromatic heterocycles. The highest BCUT2D eigenvalue weighted by Gasteiger charge is 2.40. The van der Waals surface area contributed by atoms with E-state index in [1.54, 1.807) is 0 Å². The van der Waals surface area contributed by atoms with E-state index in [0.29, 0.717) is 57.0 Å². The number of hydrogen-bond donors (Lipinski definition) is 2. The van der Waals surface area contributed by atoms with E-state index in [1.807, 2.05) is 20.8 Å². The maximum Gasteiger partial charge on any atom is 0.311 e. The number of amides is 1. The summed E-state index contributed by atoms with van der Waals surface area (Å²) in [4.78, 5) is 27.9. The Labute approximate surface area is 147 Å². The highest BCUT2D eigenvalue weighted by molar-refractivity contribution is 5.79. The molecule has 0 spiro atoms. The van der Waals surface area contributed by atoms with Gasteiger partial charge in [0.1, 0.15) is 0 Å². The Morgan fingerprint density at radius 3 is 2.52 bits per heavy atom. The predicted octanol–water partition coefficient (Wildman–Crippen LogP) is 1.69. The molecule has 0 bridgehead atoms. The Morgan fingerprint density at radius 1 is 1.28 bits per heavy atom. The molecule has 1 saturated heterocycles. The number of carboxylic acids is 1. The van der Waals surface area contributed by atoms with Gasteiger partial charge in [-0.2, -0.15) is 4.98 Å². The van der Waals surface area contributed by atoms with Crippen molar-refractivity contribution in [1.29, 1.82) is 0 Å². The summed E-state index contributed by atoms with van der Waals surface area (Å²) in [6.07, 6.45) is 2.22. The second-order valence-electron chi connectivity index (χ2n) is 7.59. The molecule has 0 aromatic carbocycles. The van der Waals surface area contributed by atoms with Crippen LogP contribution in [0.5, 0.6) is 0 Å². The van der Waals surface area contributed by atoms with Crippen LogP contribution in [0.25, 0.3) is 0 Å². The van der Waals surface area contributed by atoms with Gasteiger partial charge in [0.2, 0.25) is 11.8 Å². The molecule has 2 rings (SSSR count). The number of carbonyl (C=O) groups excluding carboxylic acids is 1. The maximum atomic E-state index is 12.0. The van der Waals surface area contributed by atoms with Gasteiger partial charge in [0.25, 0.3) is 0 Å². The molecular weight excluding hydrogens is 326 g/mol. The number of aryl methyl sites for hydroxylation is 1. The lowest BCUT2D eigenvalue weighted by atomic mass is 9.80. The summed E-state index contributed by atoms with van der Waals surface area (Å²) in [5.74, 6) is 0.123. The lowest BCUT2D eigenvalue weighted by Crippen LogP contribution is -2.46. The van der Waals surface area contributed by atoms with Crippen molar-refractivity contribution in [2.45, 2.75) is 58.3 Å². The van der Waals surface area contributed by atoms with Crippen LogP contribution in [0.2, 0.25) is 0 Å². The van der Waals surface area contributed by atoms with Gasteiger partial charge in [0, 0.05) is 38.0 Å².